The summed E-state index contributed by atoms with van der Waals surface area (Å²) in [4.78, 5) is 14.3. The highest BCUT2D eigenvalue weighted by Crippen LogP contribution is 2.25. The van der Waals surface area contributed by atoms with E-state index >= 15 is 0 Å². The lowest BCUT2D eigenvalue weighted by atomic mass is 10.3. The van der Waals surface area contributed by atoms with Gasteiger partial charge in [-0.25, -0.2) is 4.39 Å². The quantitative estimate of drug-likeness (QED) is 0.841. The molecule has 1 fully saturated rings. The fourth-order valence-corrected chi connectivity index (χ4v) is 3.63. The van der Waals surface area contributed by atoms with Gasteiger partial charge in [0.25, 0.3) is 0 Å². The van der Waals surface area contributed by atoms with Crippen LogP contribution in [0.2, 0.25) is 5.02 Å². The van der Waals surface area contributed by atoms with Crippen molar-refractivity contribution in [2.75, 3.05) is 18.4 Å². The van der Waals surface area contributed by atoms with Gasteiger partial charge >= 0.3 is 0 Å². The zero-order valence-electron chi connectivity index (χ0n) is 11.6. The molecule has 0 bridgehead atoms. The molecule has 7 heteroatoms. The molecule has 1 aromatic carbocycles. The number of likely N-dealkylation sites (tertiary alicyclic amines) is 1. The Morgan fingerprint density at radius 3 is 2.76 bits per heavy atom. The second-order valence-corrected chi connectivity index (χ2v) is 7.22. The van der Waals surface area contributed by atoms with Crippen molar-refractivity contribution in [2.45, 2.75) is 25.0 Å². The zero-order valence-corrected chi connectivity index (χ0v) is 14.0. The molecule has 114 valence electrons. The molecule has 1 saturated heterocycles. The fourth-order valence-electron chi connectivity index (χ4n) is 2.00. The number of carbonyl (C=O) groups excluding carboxylic acids is 1. The third kappa shape index (κ3) is 4.56. The van der Waals surface area contributed by atoms with Crippen LogP contribution in [-0.4, -0.2) is 33.5 Å². The molecule has 2 rings (SSSR count). The van der Waals surface area contributed by atoms with E-state index in [4.69, 9.17) is 23.8 Å². The van der Waals surface area contributed by atoms with Gasteiger partial charge in [-0.15, -0.1) is 0 Å². The first kappa shape index (κ1) is 16.5. The van der Waals surface area contributed by atoms with Gasteiger partial charge in [0, 0.05) is 13.1 Å². The Balaban J connectivity index is 1.91. The van der Waals surface area contributed by atoms with E-state index < -0.39 is 5.82 Å². The second-order valence-electron chi connectivity index (χ2n) is 4.83. The fraction of sp³-hybridized carbons (Fsp3) is 0.429. The Bertz CT molecular complexity index is 550. The number of carbonyl (C=O) groups is 1. The van der Waals surface area contributed by atoms with Crippen LogP contribution >= 0.6 is 35.6 Å². The molecule has 1 aliphatic rings. The SMILES string of the molecule is C[C@@H](SC(=S)N1CCCC1)C(=O)Nc1ccc(F)cc1Cl. The standard InChI is InChI=1S/C14H16ClFN2OS2/c1-9(21-14(20)18-6-2-3-7-18)13(19)17-12-5-4-10(16)8-11(12)15/h4-5,8-9H,2-3,6-7H2,1H3,(H,17,19)/t9-/m1/s1. The number of anilines is 1. The lowest BCUT2D eigenvalue weighted by Crippen LogP contribution is -2.29. The monoisotopic (exact) mass is 346 g/mol. The van der Waals surface area contributed by atoms with Gasteiger partial charge < -0.3 is 10.2 Å². The molecule has 21 heavy (non-hydrogen) atoms. The minimum atomic E-state index is -0.435. The summed E-state index contributed by atoms with van der Waals surface area (Å²) in [6.07, 6.45) is 2.29. The Kier molecular flexibility index (Phi) is 5.84. The molecule has 1 heterocycles. The third-order valence-electron chi connectivity index (χ3n) is 3.20. The molecule has 0 saturated carbocycles. The summed E-state index contributed by atoms with van der Waals surface area (Å²) in [5, 5.41) is 2.55. The summed E-state index contributed by atoms with van der Waals surface area (Å²) in [7, 11) is 0. The van der Waals surface area contributed by atoms with Crippen molar-refractivity contribution in [1.29, 1.82) is 0 Å². The Labute approximate surface area is 138 Å². The van der Waals surface area contributed by atoms with Gasteiger partial charge in [0.05, 0.1) is 16.0 Å². The largest absolute Gasteiger partial charge is 0.358 e. The minimum absolute atomic E-state index is 0.183. The zero-order chi connectivity index (χ0) is 15.4. The van der Waals surface area contributed by atoms with E-state index in [0.717, 1.165) is 30.3 Å². The van der Waals surface area contributed by atoms with Gasteiger partial charge in [-0.2, -0.15) is 0 Å². The number of nitrogens with one attached hydrogen (secondary N) is 1. The molecule has 1 aliphatic heterocycles. The Hall–Kier alpha value is -0.850. The summed E-state index contributed by atoms with van der Waals surface area (Å²) in [5.41, 5.74) is 0.405. The van der Waals surface area contributed by atoms with Gasteiger partial charge in [-0.3, -0.25) is 4.79 Å². The molecule has 1 amide bonds. The molecule has 1 N–H and O–H groups in total. The second kappa shape index (κ2) is 7.42. The summed E-state index contributed by atoms with van der Waals surface area (Å²) in [5.74, 6) is -0.634. The highest BCUT2D eigenvalue weighted by Gasteiger charge is 2.21. The molecule has 0 unspecified atom stereocenters. The maximum atomic E-state index is 13.0. The van der Waals surface area contributed by atoms with E-state index in [1.54, 1.807) is 6.92 Å². The van der Waals surface area contributed by atoms with Crippen molar-refractivity contribution < 1.29 is 9.18 Å². The van der Waals surface area contributed by atoms with E-state index in [0.29, 0.717) is 5.69 Å². The molecule has 0 aromatic heterocycles. The van der Waals surface area contributed by atoms with E-state index in [-0.39, 0.29) is 16.2 Å². The first-order valence-electron chi connectivity index (χ1n) is 6.69. The topological polar surface area (TPSA) is 32.3 Å². The molecular formula is C14H16ClFN2OS2. The van der Waals surface area contributed by atoms with Crippen LogP contribution in [0.5, 0.6) is 0 Å². The van der Waals surface area contributed by atoms with E-state index in [1.165, 1.54) is 30.0 Å². The van der Waals surface area contributed by atoms with Crippen LogP contribution < -0.4 is 5.32 Å². The predicted molar refractivity (Wildman–Crippen MR) is 90.5 cm³/mol. The molecule has 0 aliphatic carbocycles. The normalized spacial score (nSPS) is 15.9. The molecule has 1 aromatic rings. The number of thioether (sulfide) groups is 1. The van der Waals surface area contributed by atoms with Crippen LogP contribution in [0.4, 0.5) is 10.1 Å². The van der Waals surface area contributed by atoms with Crippen molar-refractivity contribution in [3.8, 4) is 0 Å². The smallest absolute Gasteiger partial charge is 0.237 e. The van der Waals surface area contributed by atoms with E-state index in [2.05, 4.69) is 10.2 Å². The third-order valence-corrected chi connectivity index (χ3v) is 5.09. The first-order chi connectivity index (χ1) is 9.97. The van der Waals surface area contributed by atoms with Crippen LogP contribution in [0, 0.1) is 5.82 Å². The summed E-state index contributed by atoms with van der Waals surface area (Å²) in [6.45, 7) is 3.72. The Morgan fingerprint density at radius 2 is 2.14 bits per heavy atom. The number of thiocarbonyl (C=S) groups is 1. The highest BCUT2D eigenvalue weighted by atomic mass is 35.5. The number of benzene rings is 1. The van der Waals surface area contributed by atoms with Crippen molar-refractivity contribution >= 4 is 51.5 Å². The summed E-state index contributed by atoms with van der Waals surface area (Å²) < 4.78 is 13.7. The molecule has 1 atom stereocenters. The average molecular weight is 347 g/mol. The van der Waals surface area contributed by atoms with Crippen molar-refractivity contribution in [3.05, 3.63) is 29.0 Å². The maximum absolute atomic E-state index is 13.0. The molecular weight excluding hydrogens is 331 g/mol. The minimum Gasteiger partial charge on any atom is -0.358 e. The maximum Gasteiger partial charge on any atom is 0.237 e. The van der Waals surface area contributed by atoms with Crippen LogP contribution in [0.1, 0.15) is 19.8 Å². The number of hydrogen-bond acceptors (Lipinski definition) is 3. The van der Waals surface area contributed by atoms with E-state index in [9.17, 15) is 9.18 Å². The van der Waals surface area contributed by atoms with Crippen molar-refractivity contribution in [1.82, 2.24) is 4.90 Å². The number of hydrogen-bond donors (Lipinski definition) is 1. The molecule has 0 spiro atoms. The number of halogens is 2. The number of nitrogens with zero attached hydrogens (tertiary/aromatic N) is 1. The molecule has 3 nitrogen and oxygen atoms in total. The van der Waals surface area contributed by atoms with Crippen LogP contribution in [0.15, 0.2) is 18.2 Å². The Morgan fingerprint density at radius 1 is 1.48 bits per heavy atom. The van der Waals surface area contributed by atoms with Gasteiger partial charge in [0.2, 0.25) is 5.91 Å². The number of amides is 1. The van der Waals surface area contributed by atoms with E-state index in [1.807, 2.05) is 0 Å². The van der Waals surface area contributed by atoms with Gasteiger partial charge in [0.1, 0.15) is 10.1 Å². The molecule has 0 radical (unpaired) electrons. The van der Waals surface area contributed by atoms with Crippen LogP contribution in [0.25, 0.3) is 0 Å². The summed E-state index contributed by atoms with van der Waals surface area (Å²) in [6, 6.07) is 3.88. The predicted octanol–water partition coefficient (Wildman–Crippen LogP) is 3.92. The highest BCUT2D eigenvalue weighted by molar-refractivity contribution is 8.23. The lowest BCUT2D eigenvalue weighted by Gasteiger charge is -2.20. The van der Waals surface area contributed by atoms with Gasteiger partial charge in [0.15, 0.2) is 0 Å². The van der Waals surface area contributed by atoms with Gasteiger partial charge in [-0.1, -0.05) is 35.6 Å². The van der Waals surface area contributed by atoms with Crippen molar-refractivity contribution in [3.63, 3.8) is 0 Å². The van der Waals surface area contributed by atoms with Crippen molar-refractivity contribution in [2.24, 2.45) is 0 Å². The van der Waals surface area contributed by atoms with Crippen LogP contribution in [0.3, 0.4) is 0 Å². The lowest BCUT2D eigenvalue weighted by molar-refractivity contribution is -0.115. The summed E-state index contributed by atoms with van der Waals surface area (Å²) >= 11 is 12.6. The van der Waals surface area contributed by atoms with Crippen LogP contribution in [-0.2, 0) is 4.79 Å². The average Bonchev–Trinajstić information content (AvgIpc) is 2.95. The number of rotatable bonds is 3. The van der Waals surface area contributed by atoms with Gasteiger partial charge in [-0.05, 0) is 38.0 Å². The first-order valence-corrected chi connectivity index (χ1v) is 8.35.